The number of amides is 1. The van der Waals surface area contributed by atoms with E-state index in [1.807, 2.05) is 31.2 Å². The molecule has 0 atom stereocenters. The molecule has 144 valence electrons. The molecule has 1 aromatic heterocycles. The summed E-state index contributed by atoms with van der Waals surface area (Å²) in [5.41, 5.74) is 5.71. The lowest BCUT2D eigenvalue weighted by Crippen LogP contribution is -2.25. The molecule has 0 saturated carbocycles. The van der Waals surface area contributed by atoms with Gasteiger partial charge in [0.25, 0.3) is 0 Å². The van der Waals surface area contributed by atoms with Crippen LogP contribution in [0.1, 0.15) is 25.1 Å². The summed E-state index contributed by atoms with van der Waals surface area (Å²) in [6, 6.07) is 7.34. The van der Waals surface area contributed by atoms with Crippen molar-refractivity contribution in [3.8, 4) is 5.75 Å². The molecule has 0 unspecified atom stereocenters. The van der Waals surface area contributed by atoms with Crippen LogP contribution >= 0.6 is 23.8 Å². The average Bonchev–Trinajstić information content (AvgIpc) is 3.00. The van der Waals surface area contributed by atoms with E-state index in [1.54, 1.807) is 21.0 Å². The third-order valence-electron chi connectivity index (χ3n) is 3.39. The minimum atomic E-state index is -0.528. The fraction of sp³-hybridized carbons (Fsp3) is 0.294. The number of thiocarbonyl (C=S) groups is 1. The summed E-state index contributed by atoms with van der Waals surface area (Å²) in [5.74, 6) is 0.760. The Bertz CT molecular complexity index is 834. The molecule has 1 aromatic carbocycles. The van der Waals surface area contributed by atoms with Crippen LogP contribution in [0.5, 0.6) is 5.75 Å². The van der Waals surface area contributed by atoms with Crippen LogP contribution in [-0.4, -0.2) is 35.0 Å². The van der Waals surface area contributed by atoms with Crippen molar-refractivity contribution in [1.82, 2.24) is 9.80 Å². The van der Waals surface area contributed by atoms with E-state index in [0.29, 0.717) is 22.4 Å². The summed E-state index contributed by atoms with van der Waals surface area (Å²) in [6.45, 7) is 5.68. The van der Waals surface area contributed by atoms with Crippen molar-refractivity contribution >= 4 is 51.4 Å². The average molecular weight is 408 g/mol. The van der Waals surface area contributed by atoms with Gasteiger partial charge in [-0.15, -0.1) is 0 Å². The van der Waals surface area contributed by atoms with Crippen LogP contribution in [0.25, 0.3) is 0 Å². The Kier molecular flexibility index (Phi) is 7.50. The van der Waals surface area contributed by atoms with Crippen molar-refractivity contribution in [1.29, 1.82) is 0 Å². The summed E-state index contributed by atoms with van der Waals surface area (Å²) < 4.78 is 14.3. The number of benzene rings is 1. The number of nitrogens with zero attached hydrogens (tertiary/aromatic N) is 2. The number of carbonyl (C=O) groups excluding carboxylic acids is 1. The quantitative estimate of drug-likeness (QED) is 0.381. The topological polar surface area (TPSA) is 96.9 Å². The fourth-order valence-corrected chi connectivity index (χ4v) is 3.16. The highest BCUT2D eigenvalue weighted by Gasteiger charge is 2.16. The van der Waals surface area contributed by atoms with Gasteiger partial charge in [0.1, 0.15) is 10.8 Å². The molecule has 1 amide bonds. The molecule has 3 N–H and O–H groups in total. The number of carbonyl (C=O) groups is 1. The molecule has 0 aliphatic rings. The number of hydrazone groups is 1. The van der Waals surface area contributed by atoms with Crippen molar-refractivity contribution in [3.63, 3.8) is 0 Å². The van der Waals surface area contributed by atoms with Gasteiger partial charge in [-0.05, 0) is 68.8 Å². The zero-order valence-corrected chi connectivity index (χ0v) is 17.1. The van der Waals surface area contributed by atoms with E-state index in [1.165, 1.54) is 11.5 Å². The number of rotatable bonds is 6. The molecule has 0 fully saturated rings. The summed E-state index contributed by atoms with van der Waals surface area (Å²) in [7, 11) is 1.61. The van der Waals surface area contributed by atoms with E-state index in [2.05, 4.69) is 25.5 Å². The van der Waals surface area contributed by atoms with Crippen molar-refractivity contribution in [2.45, 2.75) is 20.8 Å². The first-order valence-corrected chi connectivity index (χ1v) is 9.28. The maximum atomic E-state index is 11.7. The molecule has 2 rings (SSSR count). The van der Waals surface area contributed by atoms with Crippen LogP contribution < -0.4 is 20.8 Å². The lowest BCUT2D eigenvalue weighted by molar-refractivity contribution is 0.168. The van der Waals surface area contributed by atoms with Crippen LogP contribution in [0.15, 0.2) is 29.4 Å². The minimum Gasteiger partial charge on any atom is -0.497 e. The van der Waals surface area contributed by atoms with Crippen molar-refractivity contribution in [2.75, 3.05) is 24.4 Å². The van der Waals surface area contributed by atoms with Gasteiger partial charge in [-0.25, -0.2) is 4.79 Å². The molecule has 1 heterocycles. The van der Waals surface area contributed by atoms with E-state index in [9.17, 15) is 4.79 Å². The van der Waals surface area contributed by atoms with Crippen LogP contribution in [0, 0.1) is 6.92 Å². The number of aromatic nitrogens is 1. The highest BCUT2D eigenvalue weighted by atomic mass is 32.1. The highest BCUT2D eigenvalue weighted by molar-refractivity contribution is 7.80. The molecule has 0 bridgehead atoms. The third-order valence-corrected chi connectivity index (χ3v) is 4.44. The van der Waals surface area contributed by atoms with Gasteiger partial charge in [-0.2, -0.15) is 9.47 Å². The fourth-order valence-electron chi connectivity index (χ4n) is 2.16. The second-order valence-electron chi connectivity index (χ2n) is 5.31. The monoisotopic (exact) mass is 407 g/mol. The maximum absolute atomic E-state index is 11.7. The van der Waals surface area contributed by atoms with Gasteiger partial charge in [0.05, 0.1) is 30.7 Å². The molecule has 0 radical (unpaired) electrons. The van der Waals surface area contributed by atoms with Gasteiger partial charge in [0.2, 0.25) is 0 Å². The number of hydrogen-bond donors (Lipinski definition) is 3. The first-order valence-electron chi connectivity index (χ1n) is 8.10. The zero-order chi connectivity index (χ0) is 19.8. The van der Waals surface area contributed by atoms with Gasteiger partial charge in [0, 0.05) is 5.69 Å². The molecule has 0 saturated heterocycles. The normalized spacial score (nSPS) is 10.9. The Balaban J connectivity index is 2.03. The summed E-state index contributed by atoms with van der Waals surface area (Å²) in [4.78, 5) is 11.7. The maximum Gasteiger partial charge on any atom is 0.412 e. The standard InChI is InChI=1S/C17H21N5O3S2/c1-5-25-17(23)19-15-14(11(3)22-27-15)10(2)20-21-16(26)18-12-6-8-13(24-4)9-7-12/h6-9H,5H2,1-4H3,(H,19,23)(H2,18,21,26)/b20-10+. The lowest BCUT2D eigenvalue weighted by Gasteiger charge is -2.09. The van der Waals surface area contributed by atoms with Crippen LogP contribution in [0.2, 0.25) is 0 Å². The molecule has 0 aliphatic carbocycles. The number of methoxy groups -OCH3 is 1. The molecular formula is C17H21N5O3S2. The first kappa shape index (κ1) is 20.6. The van der Waals surface area contributed by atoms with Gasteiger partial charge >= 0.3 is 6.09 Å². The second kappa shape index (κ2) is 9.83. The van der Waals surface area contributed by atoms with E-state index >= 15 is 0 Å². The van der Waals surface area contributed by atoms with E-state index < -0.39 is 6.09 Å². The molecular weight excluding hydrogens is 386 g/mol. The van der Waals surface area contributed by atoms with E-state index in [0.717, 1.165) is 22.7 Å². The highest BCUT2D eigenvalue weighted by Crippen LogP contribution is 2.25. The molecule has 2 aromatic rings. The Morgan fingerprint density at radius 3 is 2.63 bits per heavy atom. The number of anilines is 2. The molecule has 10 heteroatoms. The van der Waals surface area contributed by atoms with Crippen LogP contribution in [0.3, 0.4) is 0 Å². The summed E-state index contributed by atoms with van der Waals surface area (Å²) >= 11 is 6.42. The zero-order valence-electron chi connectivity index (χ0n) is 15.5. The smallest absolute Gasteiger partial charge is 0.412 e. The Morgan fingerprint density at radius 2 is 2.00 bits per heavy atom. The minimum absolute atomic E-state index is 0.291. The lowest BCUT2D eigenvalue weighted by atomic mass is 10.2. The molecule has 0 aliphatic heterocycles. The van der Waals surface area contributed by atoms with Gasteiger partial charge in [-0.1, -0.05) is 0 Å². The number of ether oxygens (including phenoxy) is 2. The number of aryl methyl sites for hydroxylation is 1. The van der Waals surface area contributed by atoms with E-state index in [4.69, 9.17) is 21.7 Å². The second-order valence-corrected chi connectivity index (χ2v) is 6.49. The van der Waals surface area contributed by atoms with Crippen LogP contribution in [-0.2, 0) is 4.74 Å². The number of hydrogen-bond acceptors (Lipinski definition) is 7. The predicted octanol–water partition coefficient (Wildman–Crippen LogP) is 3.74. The Labute approximate surface area is 167 Å². The van der Waals surface area contributed by atoms with E-state index in [-0.39, 0.29) is 0 Å². The third kappa shape index (κ3) is 5.90. The molecule has 8 nitrogen and oxygen atoms in total. The first-order chi connectivity index (χ1) is 12.9. The van der Waals surface area contributed by atoms with Crippen molar-refractivity contribution < 1.29 is 14.3 Å². The van der Waals surface area contributed by atoms with Crippen molar-refractivity contribution in [2.24, 2.45) is 5.10 Å². The van der Waals surface area contributed by atoms with Gasteiger partial charge < -0.3 is 14.8 Å². The van der Waals surface area contributed by atoms with Crippen molar-refractivity contribution in [3.05, 3.63) is 35.5 Å². The van der Waals surface area contributed by atoms with Gasteiger partial charge in [-0.3, -0.25) is 10.7 Å². The Morgan fingerprint density at radius 1 is 1.30 bits per heavy atom. The van der Waals surface area contributed by atoms with Gasteiger partial charge in [0.15, 0.2) is 5.11 Å². The SMILES string of the molecule is CCOC(=O)Nc1snc(C)c1/C(C)=N/NC(=S)Nc1ccc(OC)cc1. The largest absolute Gasteiger partial charge is 0.497 e. The summed E-state index contributed by atoms with van der Waals surface area (Å²) in [6.07, 6.45) is -0.528. The Hall–Kier alpha value is -2.72. The summed E-state index contributed by atoms with van der Waals surface area (Å²) in [5, 5.41) is 10.9. The molecule has 27 heavy (non-hydrogen) atoms. The van der Waals surface area contributed by atoms with Crippen LogP contribution in [0.4, 0.5) is 15.5 Å². The molecule has 0 spiro atoms. The number of nitrogens with one attached hydrogen (secondary N) is 3. The predicted molar refractivity (Wildman–Crippen MR) is 112 cm³/mol.